The molecule has 0 aliphatic carbocycles. The van der Waals surface area contributed by atoms with Gasteiger partial charge in [-0.3, -0.25) is 4.79 Å². The molecule has 0 bridgehead atoms. The van der Waals surface area contributed by atoms with Gasteiger partial charge < -0.3 is 10.2 Å². The molecule has 0 spiro atoms. The highest BCUT2D eigenvalue weighted by Crippen LogP contribution is 2.18. The number of hydrogen-bond donors (Lipinski definition) is 1. The maximum Gasteiger partial charge on any atom is 0.251 e. The smallest absolute Gasteiger partial charge is 0.251 e. The minimum atomic E-state index is -3.38. The lowest BCUT2D eigenvalue weighted by molar-refractivity contribution is 0.0941. The summed E-state index contributed by atoms with van der Waals surface area (Å²) >= 11 is 0. The highest BCUT2D eigenvalue weighted by Gasteiger charge is 2.17. The summed E-state index contributed by atoms with van der Waals surface area (Å²) in [5.74, 6) is -0.717. The largest absolute Gasteiger partial charge is 0.350 e. The molecule has 1 unspecified atom stereocenters. The predicted molar refractivity (Wildman–Crippen MR) is 94.7 cm³/mol. The Balaban J connectivity index is 2.14. The second-order valence-corrected chi connectivity index (χ2v) is 8.06. The lowest BCUT2D eigenvalue weighted by Gasteiger charge is -2.25. The van der Waals surface area contributed by atoms with Crippen LogP contribution in [-0.4, -0.2) is 46.1 Å². The molecule has 2 rings (SSSR count). The molecule has 0 aliphatic rings. The fraction of sp³-hybridized carbons (Fsp3) is 0.278. The van der Waals surface area contributed by atoms with E-state index in [0.29, 0.717) is 0 Å². The van der Waals surface area contributed by atoms with Crippen molar-refractivity contribution < 1.29 is 17.6 Å². The van der Waals surface area contributed by atoms with E-state index in [1.165, 1.54) is 30.3 Å². The molecule has 2 aromatic carbocycles. The van der Waals surface area contributed by atoms with Gasteiger partial charge in [-0.2, -0.15) is 0 Å². The Kier molecular flexibility index (Phi) is 5.92. The van der Waals surface area contributed by atoms with E-state index >= 15 is 0 Å². The van der Waals surface area contributed by atoms with E-state index in [0.717, 1.165) is 11.8 Å². The van der Waals surface area contributed by atoms with E-state index in [1.807, 2.05) is 19.0 Å². The van der Waals surface area contributed by atoms with Gasteiger partial charge in [0.05, 0.1) is 10.9 Å². The second kappa shape index (κ2) is 7.76. The molecular weight excluding hydrogens is 343 g/mol. The maximum absolute atomic E-state index is 13.4. The molecular formula is C18H21FN2O3S. The number of likely N-dealkylation sites (N-methyl/N-ethyl adjacent to an activating group) is 1. The van der Waals surface area contributed by atoms with Crippen LogP contribution in [-0.2, 0) is 9.84 Å². The molecule has 0 fully saturated rings. The molecule has 1 N–H and O–H groups in total. The van der Waals surface area contributed by atoms with Crippen molar-refractivity contribution in [3.05, 3.63) is 65.5 Å². The zero-order valence-corrected chi connectivity index (χ0v) is 15.2. The molecule has 134 valence electrons. The molecule has 25 heavy (non-hydrogen) atoms. The number of rotatable bonds is 6. The van der Waals surface area contributed by atoms with Gasteiger partial charge in [-0.05, 0) is 50.0 Å². The van der Waals surface area contributed by atoms with Gasteiger partial charge >= 0.3 is 0 Å². The molecule has 0 heterocycles. The fourth-order valence-electron chi connectivity index (χ4n) is 2.47. The van der Waals surface area contributed by atoms with E-state index in [-0.39, 0.29) is 34.8 Å². The number of carbonyl (C=O) groups is 1. The predicted octanol–water partition coefficient (Wildman–Crippen LogP) is 2.26. The first kappa shape index (κ1) is 19.1. The lowest BCUT2D eigenvalue weighted by atomic mass is 10.1. The van der Waals surface area contributed by atoms with Crippen molar-refractivity contribution in [1.29, 1.82) is 0 Å². The third kappa shape index (κ3) is 5.11. The number of amides is 1. The summed E-state index contributed by atoms with van der Waals surface area (Å²) in [6, 6.07) is 11.9. The second-order valence-electron chi connectivity index (χ2n) is 6.04. The van der Waals surface area contributed by atoms with E-state index in [1.54, 1.807) is 18.2 Å². The molecule has 0 saturated heterocycles. The van der Waals surface area contributed by atoms with Gasteiger partial charge in [0.1, 0.15) is 5.82 Å². The summed E-state index contributed by atoms with van der Waals surface area (Å²) in [4.78, 5) is 14.3. The van der Waals surface area contributed by atoms with Crippen molar-refractivity contribution >= 4 is 15.7 Å². The summed E-state index contributed by atoms with van der Waals surface area (Å²) in [5.41, 5.74) is 1.01. The first-order valence-corrected chi connectivity index (χ1v) is 9.58. The van der Waals surface area contributed by atoms with Gasteiger partial charge in [0.2, 0.25) is 0 Å². The van der Waals surface area contributed by atoms with Gasteiger partial charge in [-0.15, -0.1) is 0 Å². The van der Waals surface area contributed by atoms with Gasteiger partial charge in [0, 0.05) is 18.4 Å². The number of nitrogens with one attached hydrogen (secondary N) is 1. The van der Waals surface area contributed by atoms with Crippen LogP contribution in [0.3, 0.4) is 0 Å². The van der Waals surface area contributed by atoms with Gasteiger partial charge in [0.15, 0.2) is 9.84 Å². The van der Waals surface area contributed by atoms with Crippen molar-refractivity contribution in [3.8, 4) is 0 Å². The minimum Gasteiger partial charge on any atom is -0.350 e. The zero-order chi connectivity index (χ0) is 18.6. The first-order valence-electron chi connectivity index (χ1n) is 7.68. The van der Waals surface area contributed by atoms with Gasteiger partial charge in [-0.1, -0.05) is 18.2 Å². The minimum absolute atomic E-state index is 0.0921. The number of nitrogens with zero attached hydrogens (tertiary/aromatic N) is 1. The lowest BCUT2D eigenvalue weighted by Crippen LogP contribution is -2.34. The van der Waals surface area contributed by atoms with E-state index in [2.05, 4.69) is 5.32 Å². The summed E-state index contributed by atoms with van der Waals surface area (Å²) in [5, 5.41) is 2.78. The monoisotopic (exact) mass is 364 g/mol. The van der Waals surface area contributed by atoms with Crippen LogP contribution in [0.5, 0.6) is 0 Å². The Morgan fingerprint density at radius 1 is 1.16 bits per heavy atom. The van der Waals surface area contributed by atoms with Crippen LogP contribution in [0.25, 0.3) is 0 Å². The molecule has 2 aromatic rings. The average Bonchev–Trinajstić information content (AvgIpc) is 2.54. The van der Waals surface area contributed by atoms with Crippen molar-refractivity contribution in [2.45, 2.75) is 10.9 Å². The van der Waals surface area contributed by atoms with Crippen LogP contribution in [0.4, 0.5) is 4.39 Å². The summed E-state index contributed by atoms with van der Waals surface area (Å²) in [6.45, 7) is 0.262. The molecule has 0 aromatic heterocycles. The zero-order valence-electron chi connectivity index (χ0n) is 14.4. The van der Waals surface area contributed by atoms with Crippen molar-refractivity contribution in [2.24, 2.45) is 0 Å². The molecule has 1 amide bonds. The van der Waals surface area contributed by atoms with Crippen molar-refractivity contribution in [1.82, 2.24) is 10.2 Å². The Morgan fingerprint density at radius 2 is 1.84 bits per heavy atom. The van der Waals surface area contributed by atoms with Crippen LogP contribution < -0.4 is 5.32 Å². The number of hydrogen-bond acceptors (Lipinski definition) is 4. The standard InChI is InChI=1S/C18H21FN2O3S/c1-21(2)17(13-6-4-8-15(19)10-13)12-20-18(22)14-7-5-9-16(11-14)25(3,23)24/h4-11,17H,12H2,1-3H3,(H,20,22). The third-order valence-corrected chi connectivity index (χ3v) is 4.95. The highest BCUT2D eigenvalue weighted by molar-refractivity contribution is 7.90. The van der Waals surface area contributed by atoms with Gasteiger partial charge in [0.25, 0.3) is 5.91 Å². The van der Waals surface area contributed by atoms with Crippen LogP contribution in [0.2, 0.25) is 0 Å². The van der Waals surface area contributed by atoms with Crippen LogP contribution in [0, 0.1) is 5.82 Å². The molecule has 7 heteroatoms. The number of sulfone groups is 1. The van der Waals surface area contributed by atoms with Crippen LogP contribution >= 0.6 is 0 Å². The molecule has 0 radical (unpaired) electrons. The molecule has 0 saturated carbocycles. The van der Waals surface area contributed by atoms with Crippen LogP contribution in [0.15, 0.2) is 53.4 Å². The quantitative estimate of drug-likeness (QED) is 0.854. The number of carbonyl (C=O) groups excluding carboxylic acids is 1. The maximum atomic E-state index is 13.4. The van der Waals surface area contributed by atoms with Gasteiger partial charge in [-0.25, -0.2) is 12.8 Å². The first-order chi connectivity index (χ1) is 11.7. The average molecular weight is 364 g/mol. The topological polar surface area (TPSA) is 66.5 Å². The number of benzene rings is 2. The summed E-state index contributed by atoms with van der Waals surface area (Å²) in [7, 11) is 0.297. The summed E-state index contributed by atoms with van der Waals surface area (Å²) in [6.07, 6.45) is 1.09. The Morgan fingerprint density at radius 3 is 2.44 bits per heavy atom. The van der Waals surface area contributed by atoms with E-state index < -0.39 is 9.84 Å². The van der Waals surface area contributed by atoms with Crippen molar-refractivity contribution in [3.63, 3.8) is 0 Å². The normalized spacial score (nSPS) is 12.8. The highest BCUT2D eigenvalue weighted by atomic mass is 32.2. The molecule has 1 atom stereocenters. The van der Waals surface area contributed by atoms with E-state index in [4.69, 9.17) is 0 Å². The summed E-state index contributed by atoms with van der Waals surface area (Å²) < 4.78 is 36.7. The Bertz CT molecular complexity index is 866. The Labute approximate surface area is 147 Å². The molecule has 0 aliphatic heterocycles. The Hall–Kier alpha value is -2.25. The van der Waals surface area contributed by atoms with E-state index in [9.17, 15) is 17.6 Å². The third-order valence-electron chi connectivity index (χ3n) is 3.84. The van der Waals surface area contributed by atoms with Crippen LogP contribution in [0.1, 0.15) is 22.0 Å². The van der Waals surface area contributed by atoms with Crippen molar-refractivity contribution in [2.75, 3.05) is 26.9 Å². The number of halogens is 1. The SMILES string of the molecule is CN(C)C(CNC(=O)c1cccc(S(C)(=O)=O)c1)c1cccc(F)c1. The fourth-order valence-corrected chi connectivity index (χ4v) is 3.14. The molecule has 5 nitrogen and oxygen atoms in total.